The van der Waals surface area contributed by atoms with E-state index in [0.717, 1.165) is 5.84 Å². The third-order valence-electron chi connectivity index (χ3n) is 2.11. The first kappa shape index (κ1) is 12.5. The molecule has 2 radical (unpaired) electrons. The minimum Gasteiger partial charge on any atom is -0.269 e. The van der Waals surface area contributed by atoms with E-state index in [1.165, 1.54) is 4.24 Å². The van der Waals surface area contributed by atoms with Gasteiger partial charge in [0.15, 0.2) is 6.54 Å². The maximum absolute atomic E-state index is 12.2. The number of nitrogens with zero attached hydrogens (tertiary/aromatic N) is 2. The van der Waals surface area contributed by atoms with Crippen molar-refractivity contribution in [2.75, 3.05) is 6.54 Å². The van der Waals surface area contributed by atoms with Gasteiger partial charge < -0.3 is 0 Å². The van der Waals surface area contributed by atoms with Crippen molar-refractivity contribution in [1.29, 1.82) is 0 Å². The van der Waals surface area contributed by atoms with E-state index in [0.29, 0.717) is 6.42 Å². The lowest BCUT2D eigenvalue weighted by molar-refractivity contribution is -0.467. The van der Waals surface area contributed by atoms with E-state index < -0.39 is 12.7 Å². The standard InChI is InChI=1S/C9H16F3N2Si/c1-5-7-13(6-9(10,11)12)15-14(7)8(2,3)4/h5-6H2,1-4H3/q+1. The van der Waals surface area contributed by atoms with Gasteiger partial charge in [-0.1, -0.05) is 6.92 Å². The van der Waals surface area contributed by atoms with Crippen LogP contribution in [-0.2, 0) is 0 Å². The minimum atomic E-state index is -4.10. The largest absolute Gasteiger partial charge is 0.645 e. The van der Waals surface area contributed by atoms with Gasteiger partial charge in [-0.05, 0) is 20.8 Å². The fourth-order valence-electron chi connectivity index (χ4n) is 1.50. The second-order valence-corrected chi connectivity index (χ2v) is 5.76. The third kappa shape index (κ3) is 2.96. The number of amidine groups is 1. The van der Waals surface area contributed by atoms with Crippen LogP contribution < -0.4 is 0 Å². The van der Waals surface area contributed by atoms with Crippen LogP contribution in [0.2, 0.25) is 0 Å². The van der Waals surface area contributed by atoms with Crippen LogP contribution in [0.15, 0.2) is 0 Å². The van der Waals surface area contributed by atoms with E-state index in [4.69, 9.17) is 0 Å². The first-order valence-corrected chi connectivity index (χ1v) is 5.81. The zero-order valence-corrected chi connectivity index (χ0v) is 10.4. The predicted octanol–water partition coefficient (Wildman–Crippen LogP) is 2.02. The summed E-state index contributed by atoms with van der Waals surface area (Å²) in [4.78, 5) is 0. The van der Waals surface area contributed by atoms with Crippen molar-refractivity contribution in [1.82, 2.24) is 4.57 Å². The van der Waals surface area contributed by atoms with Gasteiger partial charge in [-0.25, -0.2) is 0 Å². The Kier molecular flexibility index (Phi) is 3.18. The summed E-state index contributed by atoms with van der Waals surface area (Å²) in [5.41, 5.74) is -0.0775. The van der Waals surface area contributed by atoms with Crippen LogP contribution in [0.25, 0.3) is 0 Å². The topological polar surface area (TPSA) is 6.25 Å². The number of alkyl halides is 3. The lowest BCUT2D eigenvalue weighted by atomic mass is 10.1. The molecule has 1 aliphatic heterocycles. The Balaban J connectivity index is 2.76. The van der Waals surface area contributed by atoms with Crippen molar-refractivity contribution in [3.05, 3.63) is 0 Å². The molecule has 0 N–H and O–H groups in total. The van der Waals surface area contributed by atoms with Gasteiger partial charge in [0, 0.05) is 6.42 Å². The molecule has 1 heterocycles. The van der Waals surface area contributed by atoms with Crippen LogP contribution in [0, 0.1) is 0 Å². The van der Waals surface area contributed by atoms with Gasteiger partial charge in [-0.3, -0.25) is 8.81 Å². The molecule has 0 aromatic heterocycles. The molecule has 0 fully saturated rings. The first-order chi connectivity index (χ1) is 6.65. The summed E-state index contributed by atoms with van der Waals surface area (Å²) in [6.07, 6.45) is -3.45. The molecule has 0 atom stereocenters. The van der Waals surface area contributed by atoms with Crippen LogP contribution >= 0.6 is 0 Å². The maximum Gasteiger partial charge on any atom is 0.645 e. The molecule has 15 heavy (non-hydrogen) atoms. The molecule has 2 nitrogen and oxygen atoms in total. The highest BCUT2D eigenvalue weighted by Crippen LogP contribution is 2.23. The number of rotatable bonds is 2. The average molecular weight is 237 g/mol. The van der Waals surface area contributed by atoms with Gasteiger partial charge in [0.2, 0.25) is 5.84 Å². The molecule has 0 saturated carbocycles. The molecule has 0 aliphatic carbocycles. The molecular formula is C9H16F3N2Si+. The van der Waals surface area contributed by atoms with Gasteiger partial charge >= 0.3 is 16.0 Å². The Hall–Kier alpha value is -0.523. The highest BCUT2D eigenvalue weighted by Gasteiger charge is 2.49. The molecule has 0 unspecified atom stereocenters. The van der Waals surface area contributed by atoms with Crippen molar-refractivity contribution in [2.45, 2.75) is 45.8 Å². The quantitative estimate of drug-likeness (QED) is 0.666. The average Bonchev–Trinajstić information content (AvgIpc) is 1.93. The van der Waals surface area contributed by atoms with E-state index in [2.05, 4.69) is 0 Å². The van der Waals surface area contributed by atoms with Crippen LogP contribution in [0.1, 0.15) is 34.1 Å². The number of hydrogen-bond donors (Lipinski definition) is 0. The van der Waals surface area contributed by atoms with Gasteiger partial charge in [-0.2, -0.15) is 13.2 Å². The summed E-state index contributed by atoms with van der Waals surface area (Å²) >= 11 is 0. The fourth-order valence-corrected chi connectivity index (χ4v) is 2.92. The third-order valence-corrected chi connectivity index (χ3v) is 3.90. The first-order valence-electron chi connectivity index (χ1n) is 4.92. The normalized spacial score (nSPS) is 18.2. The zero-order valence-electron chi connectivity index (χ0n) is 9.44. The van der Waals surface area contributed by atoms with E-state index in [9.17, 15) is 13.2 Å². The van der Waals surface area contributed by atoms with Crippen LogP contribution in [0.5, 0.6) is 0 Å². The molecule has 0 aromatic rings. The zero-order chi connectivity index (χ0) is 11.9. The van der Waals surface area contributed by atoms with Crippen molar-refractivity contribution in [2.24, 2.45) is 0 Å². The molecule has 0 amide bonds. The summed E-state index contributed by atoms with van der Waals surface area (Å²) in [6.45, 7) is 7.12. The van der Waals surface area contributed by atoms with Gasteiger partial charge in [0.1, 0.15) is 0 Å². The Morgan fingerprint density at radius 1 is 1.27 bits per heavy atom. The van der Waals surface area contributed by atoms with Gasteiger partial charge in [0.05, 0.1) is 5.54 Å². The fraction of sp³-hybridized carbons (Fsp3) is 0.889. The Morgan fingerprint density at radius 3 is 2.13 bits per heavy atom. The Morgan fingerprint density at radius 2 is 1.80 bits per heavy atom. The van der Waals surface area contributed by atoms with Crippen LogP contribution in [0.3, 0.4) is 0 Å². The lowest BCUT2D eigenvalue weighted by Crippen LogP contribution is -2.64. The molecule has 6 heteroatoms. The van der Waals surface area contributed by atoms with E-state index >= 15 is 0 Å². The maximum atomic E-state index is 12.2. The smallest absolute Gasteiger partial charge is 0.269 e. The van der Waals surface area contributed by atoms with E-state index in [1.54, 1.807) is 0 Å². The molecule has 86 valence electrons. The summed E-state index contributed by atoms with van der Waals surface area (Å²) in [7, 11) is 0.125. The summed E-state index contributed by atoms with van der Waals surface area (Å²) in [6, 6.07) is 0. The summed E-state index contributed by atoms with van der Waals surface area (Å²) in [5, 5.41) is 0. The second kappa shape index (κ2) is 3.81. The van der Waals surface area contributed by atoms with Crippen LogP contribution in [0.4, 0.5) is 13.2 Å². The summed E-state index contributed by atoms with van der Waals surface area (Å²) in [5.74, 6) is 0.804. The number of halogens is 3. The minimum absolute atomic E-state index is 0.0775. The molecule has 0 aromatic carbocycles. The van der Waals surface area contributed by atoms with Crippen molar-refractivity contribution >= 4 is 15.7 Å². The molecule has 1 aliphatic rings. The highest BCUT2D eigenvalue weighted by molar-refractivity contribution is 6.35. The molecular weight excluding hydrogens is 221 g/mol. The van der Waals surface area contributed by atoms with Gasteiger partial charge in [0.25, 0.3) is 0 Å². The van der Waals surface area contributed by atoms with Crippen LogP contribution in [-0.4, -0.2) is 42.7 Å². The number of hydrogen-bond acceptors (Lipinski definition) is 1. The van der Waals surface area contributed by atoms with Crippen molar-refractivity contribution in [3.63, 3.8) is 0 Å². The molecule has 0 saturated heterocycles. The van der Waals surface area contributed by atoms with E-state index in [1.807, 2.05) is 32.3 Å². The summed E-state index contributed by atoms with van der Waals surface area (Å²) < 4.78 is 40.0. The predicted molar refractivity (Wildman–Crippen MR) is 53.8 cm³/mol. The molecule has 0 bridgehead atoms. The molecule has 0 spiro atoms. The highest BCUT2D eigenvalue weighted by atomic mass is 28.2. The Bertz CT molecular complexity index is 278. The Labute approximate surface area is 90.7 Å². The SMILES string of the molecule is CCC1=[N+](CC(F)(F)F)[Si]N1C(C)(C)C. The van der Waals surface area contributed by atoms with E-state index in [-0.39, 0.29) is 15.4 Å². The van der Waals surface area contributed by atoms with Crippen molar-refractivity contribution in [3.8, 4) is 0 Å². The lowest BCUT2D eigenvalue weighted by Gasteiger charge is -2.37. The van der Waals surface area contributed by atoms with Crippen molar-refractivity contribution < 1.29 is 17.4 Å². The monoisotopic (exact) mass is 237 g/mol. The van der Waals surface area contributed by atoms with Gasteiger partial charge in [-0.15, -0.1) is 0 Å². The molecule has 1 rings (SSSR count). The second-order valence-electron chi connectivity index (χ2n) is 4.58.